The smallest absolute Gasteiger partial charge is 0.191 e. The second-order valence-electron chi connectivity index (χ2n) is 6.20. The molecule has 0 radical (unpaired) electrons. The fourth-order valence-corrected chi connectivity index (χ4v) is 3.44. The summed E-state index contributed by atoms with van der Waals surface area (Å²) in [4.78, 5) is 5.43. The molecule has 0 fully saturated rings. The standard InChI is InChI=1S/C21H29N3O2S/c1-4-22-21(23-14-15-27(25)19-11-6-5-7-12-19)24-16-18(3)26-20-13-9-8-10-17(20)2/h5-13,18H,4,14-16H2,1-3H3,(H2,22,23,24). The van der Waals surface area contributed by atoms with Crippen LogP contribution in [0.2, 0.25) is 0 Å². The molecule has 0 aromatic heterocycles. The molecule has 0 saturated carbocycles. The number of hydrogen-bond donors (Lipinski definition) is 2. The Hall–Kier alpha value is -2.34. The first-order valence-corrected chi connectivity index (χ1v) is 10.6. The van der Waals surface area contributed by atoms with Crippen molar-refractivity contribution < 1.29 is 8.95 Å². The van der Waals surface area contributed by atoms with Crippen molar-refractivity contribution in [2.24, 2.45) is 4.99 Å². The molecule has 2 unspecified atom stereocenters. The van der Waals surface area contributed by atoms with Crippen molar-refractivity contribution in [3.63, 3.8) is 0 Å². The molecule has 6 heteroatoms. The third-order valence-corrected chi connectivity index (χ3v) is 5.23. The molecule has 2 rings (SSSR count). The van der Waals surface area contributed by atoms with Crippen LogP contribution in [0.4, 0.5) is 0 Å². The van der Waals surface area contributed by atoms with E-state index < -0.39 is 10.8 Å². The maximum absolute atomic E-state index is 12.3. The van der Waals surface area contributed by atoms with Crippen LogP contribution in [0.3, 0.4) is 0 Å². The van der Waals surface area contributed by atoms with E-state index in [2.05, 4.69) is 15.6 Å². The zero-order chi connectivity index (χ0) is 19.5. The lowest BCUT2D eigenvalue weighted by molar-refractivity contribution is 0.228. The minimum atomic E-state index is -1.02. The van der Waals surface area contributed by atoms with Gasteiger partial charge in [0, 0.05) is 23.7 Å². The zero-order valence-electron chi connectivity index (χ0n) is 16.3. The number of rotatable bonds is 9. The Kier molecular flexibility index (Phi) is 8.84. The third kappa shape index (κ3) is 7.43. The first kappa shape index (κ1) is 21.0. The average Bonchev–Trinajstić information content (AvgIpc) is 2.68. The molecule has 0 heterocycles. The summed E-state index contributed by atoms with van der Waals surface area (Å²) < 4.78 is 18.2. The highest BCUT2D eigenvalue weighted by Crippen LogP contribution is 2.17. The van der Waals surface area contributed by atoms with Gasteiger partial charge < -0.3 is 15.4 Å². The first-order chi connectivity index (χ1) is 13.1. The second-order valence-corrected chi connectivity index (χ2v) is 7.77. The van der Waals surface area contributed by atoms with Gasteiger partial charge in [0.2, 0.25) is 0 Å². The summed E-state index contributed by atoms with van der Waals surface area (Å²) in [6.07, 6.45) is -0.0417. The van der Waals surface area contributed by atoms with Gasteiger partial charge in [0.25, 0.3) is 0 Å². The van der Waals surface area contributed by atoms with Crippen LogP contribution < -0.4 is 15.4 Å². The van der Waals surface area contributed by atoms with E-state index in [1.165, 1.54) is 0 Å². The van der Waals surface area contributed by atoms with E-state index in [1.54, 1.807) is 0 Å². The number of para-hydroxylation sites is 1. The number of benzene rings is 2. The molecule has 0 bridgehead atoms. The average molecular weight is 388 g/mol. The van der Waals surface area contributed by atoms with Crippen LogP contribution in [0.25, 0.3) is 0 Å². The molecule has 0 spiro atoms. The van der Waals surface area contributed by atoms with E-state index in [4.69, 9.17) is 4.74 Å². The van der Waals surface area contributed by atoms with Crippen molar-refractivity contribution in [1.29, 1.82) is 0 Å². The highest BCUT2D eigenvalue weighted by atomic mass is 32.2. The molecule has 2 N–H and O–H groups in total. The van der Waals surface area contributed by atoms with Crippen LogP contribution in [0, 0.1) is 6.92 Å². The Labute approximate surface area is 164 Å². The summed E-state index contributed by atoms with van der Waals surface area (Å²) in [5.41, 5.74) is 1.11. The van der Waals surface area contributed by atoms with Gasteiger partial charge >= 0.3 is 0 Å². The lowest BCUT2D eigenvalue weighted by Gasteiger charge is -2.16. The Morgan fingerprint density at radius 3 is 2.52 bits per heavy atom. The van der Waals surface area contributed by atoms with E-state index >= 15 is 0 Å². The van der Waals surface area contributed by atoms with Crippen molar-refractivity contribution in [3.05, 3.63) is 60.2 Å². The van der Waals surface area contributed by atoms with Crippen LogP contribution >= 0.6 is 0 Å². The highest BCUT2D eigenvalue weighted by molar-refractivity contribution is 7.85. The van der Waals surface area contributed by atoms with Crippen molar-refractivity contribution in [3.8, 4) is 5.75 Å². The number of nitrogens with one attached hydrogen (secondary N) is 2. The Morgan fingerprint density at radius 2 is 1.81 bits per heavy atom. The van der Waals surface area contributed by atoms with Crippen molar-refractivity contribution in [1.82, 2.24) is 10.6 Å². The maximum atomic E-state index is 12.3. The van der Waals surface area contributed by atoms with E-state index in [0.29, 0.717) is 24.8 Å². The van der Waals surface area contributed by atoms with Crippen LogP contribution in [-0.2, 0) is 10.8 Å². The lowest BCUT2D eigenvalue weighted by atomic mass is 10.2. The fourth-order valence-electron chi connectivity index (χ4n) is 2.46. The van der Waals surface area contributed by atoms with Gasteiger partial charge in [-0.1, -0.05) is 36.4 Å². The molecular weight excluding hydrogens is 358 g/mol. The summed E-state index contributed by atoms with van der Waals surface area (Å²) in [6, 6.07) is 17.5. The third-order valence-electron chi connectivity index (χ3n) is 3.86. The van der Waals surface area contributed by atoms with Crippen molar-refractivity contribution in [2.45, 2.75) is 31.8 Å². The lowest BCUT2D eigenvalue weighted by Crippen LogP contribution is -2.39. The maximum Gasteiger partial charge on any atom is 0.191 e. The Bertz CT molecular complexity index is 750. The zero-order valence-corrected chi connectivity index (χ0v) is 17.1. The van der Waals surface area contributed by atoms with Gasteiger partial charge in [-0.25, -0.2) is 4.99 Å². The van der Waals surface area contributed by atoms with Crippen LogP contribution in [0.5, 0.6) is 5.75 Å². The summed E-state index contributed by atoms with van der Waals surface area (Å²) in [7, 11) is -1.02. The van der Waals surface area contributed by atoms with E-state index in [1.807, 2.05) is 75.4 Å². The number of hydrogen-bond acceptors (Lipinski definition) is 3. The fraction of sp³-hybridized carbons (Fsp3) is 0.381. The quantitative estimate of drug-likeness (QED) is 0.513. The Morgan fingerprint density at radius 1 is 1.11 bits per heavy atom. The number of nitrogens with zero attached hydrogens (tertiary/aromatic N) is 1. The minimum absolute atomic E-state index is 0.0417. The molecule has 146 valence electrons. The number of ether oxygens (including phenoxy) is 1. The molecule has 2 aromatic carbocycles. The van der Waals surface area contributed by atoms with Gasteiger partial charge in [0.05, 0.1) is 17.3 Å². The first-order valence-electron chi connectivity index (χ1n) is 9.28. The summed E-state index contributed by atoms with van der Waals surface area (Å²) >= 11 is 0. The molecule has 0 amide bonds. The van der Waals surface area contributed by atoms with Crippen molar-refractivity contribution >= 4 is 16.8 Å². The molecule has 2 atom stereocenters. The van der Waals surface area contributed by atoms with Crippen LogP contribution in [-0.4, -0.2) is 41.7 Å². The second kappa shape index (κ2) is 11.4. The van der Waals surface area contributed by atoms with Crippen LogP contribution in [0.1, 0.15) is 19.4 Å². The van der Waals surface area contributed by atoms with Gasteiger partial charge in [-0.3, -0.25) is 4.21 Å². The molecule has 5 nitrogen and oxygen atoms in total. The normalized spacial score (nSPS) is 13.7. The van der Waals surface area contributed by atoms with Gasteiger partial charge in [0.1, 0.15) is 11.9 Å². The molecule has 0 saturated heterocycles. The predicted molar refractivity (Wildman–Crippen MR) is 113 cm³/mol. The number of aliphatic imine (C=N–C) groups is 1. The largest absolute Gasteiger partial charge is 0.489 e. The van der Waals surface area contributed by atoms with E-state index in [0.717, 1.165) is 22.8 Å². The van der Waals surface area contributed by atoms with Gasteiger partial charge in [-0.05, 0) is 44.5 Å². The Balaban J connectivity index is 1.82. The molecule has 0 aliphatic heterocycles. The van der Waals surface area contributed by atoms with E-state index in [-0.39, 0.29) is 6.10 Å². The number of aryl methyl sites for hydroxylation is 1. The molecule has 0 aliphatic carbocycles. The summed E-state index contributed by atoms with van der Waals surface area (Å²) in [5.74, 6) is 2.13. The number of guanidine groups is 1. The monoisotopic (exact) mass is 387 g/mol. The van der Waals surface area contributed by atoms with Gasteiger partial charge in [-0.15, -0.1) is 0 Å². The summed E-state index contributed by atoms with van der Waals surface area (Å²) in [5, 5.41) is 6.45. The molecule has 0 aliphatic rings. The minimum Gasteiger partial charge on any atom is -0.489 e. The topological polar surface area (TPSA) is 62.7 Å². The summed E-state index contributed by atoms with van der Waals surface area (Å²) in [6.45, 7) is 7.94. The predicted octanol–water partition coefficient (Wildman–Crippen LogP) is 3.13. The van der Waals surface area contributed by atoms with Crippen molar-refractivity contribution in [2.75, 3.05) is 25.4 Å². The van der Waals surface area contributed by atoms with Gasteiger partial charge in [0.15, 0.2) is 5.96 Å². The molecule has 27 heavy (non-hydrogen) atoms. The SMILES string of the molecule is CCNC(=NCC(C)Oc1ccccc1C)NCCS(=O)c1ccccc1. The molecule has 2 aromatic rings. The van der Waals surface area contributed by atoms with E-state index in [9.17, 15) is 4.21 Å². The highest BCUT2D eigenvalue weighted by Gasteiger charge is 2.07. The van der Waals surface area contributed by atoms with Crippen LogP contribution in [0.15, 0.2) is 64.5 Å². The molecular formula is C21H29N3O2S. The van der Waals surface area contributed by atoms with Gasteiger partial charge in [-0.2, -0.15) is 0 Å².